The summed E-state index contributed by atoms with van der Waals surface area (Å²) in [4.78, 5) is 4.32. The van der Waals surface area contributed by atoms with Crippen LogP contribution in [0.1, 0.15) is 0 Å². The molecule has 1 unspecified atom stereocenters. The monoisotopic (exact) mass is 265 g/mol. The summed E-state index contributed by atoms with van der Waals surface area (Å²) in [6, 6.07) is 5.67. The van der Waals surface area contributed by atoms with Gasteiger partial charge in [0.2, 0.25) is 5.95 Å². The van der Waals surface area contributed by atoms with Crippen LogP contribution in [0.5, 0.6) is 5.75 Å². The average Bonchev–Trinajstić information content (AvgIpc) is 2.73. The number of fused-ring (bicyclic) bond motifs is 1. The highest BCUT2D eigenvalue weighted by molar-refractivity contribution is 5.79. The Morgan fingerprint density at radius 1 is 1.32 bits per heavy atom. The Bertz CT molecular complexity index is 553. The number of aromatic nitrogens is 2. The summed E-state index contributed by atoms with van der Waals surface area (Å²) in [7, 11) is 4.93. The van der Waals surface area contributed by atoms with Crippen LogP contribution in [0.25, 0.3) is 11.0 Å². The minimum absolute atomic E-state index is 0.0732. The lowest BCUT2D eigenvalue weighted by Gasteiger charge is -2.16. The van der Waals surface area contributed by atoms with Crippen LogP contribution < -0.4 is 10.5 Å². The first-order chi connectivity index (χ1) is 9.19. The minimum atomic E-state index is -0.0732. The molecule has 1 atom stereocenters. The van der Waals surface area contributed by atoms with Gasteiger partial charge in [-0.25, -0.2) is 4.98 Å². The van der Waals surface area contributed by atoms with Crippen LogP contribution in [0.4, 0.5) is 5.95 Å². The topological polar surface area (TPSA) is 71.5 Å². The van der Waals surface area contributed by atoms with Gasteiger partial charge in [0, 0.05) is 20.3 Å². The van der Waals surface area contributed by atoms with Crippen LogP contribution in [-0.4, -0.2) is 43.6 Å². The van der Waals surface area contributed by atoms with Crippen molar-refractivity contribution in [1.29, 1.82) is 0 Å². The van der Waals surface area contributed by atoms with Crippen LogP contribution in [0, 0.1) is 0 Å². The first-order valence-corrected chi connectivity index (χ1v) is 6.01. The molecule has 0 amide bonds. The largest absolute Gasteiger partial charge is 0.497 e. The number of hydrogen-bond donors (Lipinski definition) is 1. The molecule has 6 heteroatoms. The number of ether oxygens (including phenoxy) is 3. The van der Waals surface area contributed by atoms with Crippen molar-refractivity contribution in [3.05, 3.63) is 18.2 Å². The van der Waals surface area contributed by atoms with Crippen molar-refractivity contribution >= 4 is 17.0 Å². The molecule has 0 spiro atoms. The van der Waals surface area contributed by atoms with E-state index in [0.717, 1.165) is 16.8 Å². The Labute approximate surface area is 112 Å². The molecule has 1 aromatic carbocycles. The van der Waals surface area contributed by atoms with Gasteiger partial charge < -0.3 is 24.5 Å². The maximum atomic E-state index is 5.96. The summed E-state index contributed by atoms with van der Waals surface area (Å²) in [5, 5.41) is 0. The van der Waals surface area contributed by atoms with Gasteiger partial charge in [-0.3, -0.25) is 0 Å². The fourth-order valence-electron chi connectivity index (χ4n) is 2.02. The van der Waals surface area contributed by atoms with Crippen LogP contribution >= 0.6 is 0 Å². The van der Waals surface area contributed by atoms with Gasteiger partial charge in [0.05, 0.1) is 37.4 Å². The lowest BCUT2D eigenvalue weighted by molar-refractivity contribution is 0.0193. The maximum Gasteiger partial charge on any atom is 0.201 e. The molecule has 2 aromatic rings. The molecule has 1 aromatic heterocycles. The molecule has 104 valence electrons. The second-order valence-electron chi connectivity index (χ2n) is 4.25. The summed E-state index contributed by atoms with van der Waals surface area (Å²) in [6.07, 6.45) is -0.0732. The SMILES string of the molecule is COCC(Cn1c(N)nc2ccc(OC)cc21)OC. The van der Waals surface area contributed by atoms with Gasteiger partial charge in [-0.1, -0.05) is 0 Å². The van der Waals surface area contributed by atoms with E-state index < -0.39 is 0 Å². The van der Waals surface area contributed by atoms with E-state index >= 15 is 0 Å². The predicted octanol–water partition coefficient (Wildman–Crippen LogP) is 1.29. The third-order valence-electron chi connectivity index (χ3n) is 3.06. The number of rotatable bonds is 6. The number of methoxy groups -OCH3 is 3. The Morgan fingerprint density at radius 3 is 2.74 bits per heavy atom. The van der Waals surface area contributed by atoms with E-state index in [1.807, 2.05) is 22.8 Å². The summed E-state index contributed by atoms with van der Waals surface area (Å²) in [6.45, 7) is 1.08. The van der Waals surface area contributed by atoms with E-state index in [-0.39, 0.29) is 6.10 Å². The third-order valence-corrected chi connectivity index (χ3v) is 3.06. The molecule has 0 aliphatic heterocycles. The van der Waals surface area contributed by atoms with Crippen LogP contribution in [0.3, 0.4) is 0 Å². The Kier molecular flexibility index (Phi) is 4.24. The number of nitrogens with zero attached hydrogens (tertiary/aromatic N) is 2. The van der Waals surface area contributed by atoms with Crippen LogP contribution in [0.15, 0.2) is 18.2 Å². The fraction of sp³-hybridized carbons (Fsp3) is 0.462. The summed E-state index contributed by atoms with van der Waals surface area (Å²) < 4.78 is 17.6. The lowest BCUT2D eigenvalue weighted by Crippen LogP contribution is -2.24. The standard InChI is InChI=1S/C13H19N3O3/c1-17-8-10(19-3)7-16-12-6-9(18-2)4-5-11(12)15-13(16)14/h4-6,10H,7-8H2,1-3H3,(H2,14,15). The number of anilines is 1. The normalized spacial score (nSPS) is 12.8. The smallest absolute Gasteiger partial charge is 0.201 e. The molecule has 0 saturated heterocycles. The van der Waals surface area contributed by atoms with Crippen molar-refractivity contribution in [2.75, 3.05) is 33.7 Å². The van der Waals surface area contributed by atoms with Crippen molar-refractivity contribution in [3.8, 4) is 5.75 Å². The van der Waals surface area contributed by atoms with Crippen molar-refractivity contribution in [2.45, 2.75) is 12.6 Å². The van der Waals surface area contributed by atoms with Crippen molar-refractivity contribution in [1.82, 2.24) is 9.55 Å². The molecular formula is C13H19N3O3. The molecule has 19 heavy (non-hydrogen) atoms. The first-order valence-electron chi connectivity index (χ1n) is 6.01. The zero-order valence-electron chi connectivity index (χ0n) is 11.4. The van der Waals surface area contributed by atoms with Gasteiger partial charge in [-0.05, 0) is 12.1 Å². The predicted molar refractivity (Wildman–Crippen MR) is 73.4 cm³/mol. The Morgan fingerprint density at radius 2 is 2.11 bits per heavy atom. The van der Waals surface area contributed by atoms with E-state index in [2.05, 4.69) is 4.98 Å². The highest BCUT2D eigenvalue weighted by Crippen LogP contribution is 2.23. The van der Waals surface area contributed by atoms with Gasteiger partial charge in [-0.2, -0.15) is 0 Å². The highest BCUT2D eigenvalue weighted by Gasteiger charge is 2.14. The van der Waals surface area contributed by atoms with Crippen molar-refractivity contribution in [3.63, 3.8) is 0 Å². The molecule has 0 saturated carbocycles. The van der Waals surface area contributed by atoms with Crippen LogP contribution in [0.2, 0.25) is 0 Å². The zero-order valence-corrected chi connectivity index (χ0v) is 11.4. The van der Waals surface area contributed by atoms with Gasteiger partial charge >= 0.3 is 0 Å². The number of nitrogens with two attached hydrogens (primary N) is 1. The average molecular weight is 265 g/mol. The van der Waals surface area contributed by atoms with Crippen molar-refractivity contribution < 1.29 is 14.2 Å². The van der Waals surface area contributed by atoms with Crippen LogP contribution in [-0.2, 0) is 16.0 Å². The Balaban J connectivity index is 2.37. The fourth-order valence-corrected chi connectivity index (χ4v) is 2.02. The van der Waals surface area contributed by atoms with Gasteiger partial charge in [0.1, 0.15) is 5.75 Å². The second-order valence-corrected chi connectivity index (χ2v) is 4.25. The van der Waals surface area contributed by atoms with E-state index in [9.17, 15) is 0 Å². The first kappa shape index (κ1) is 13.6. The van der Waals surface area contributed by atoms with Crippen molar-refractivity contribution in [2.24, 2.45) is 0 Å². The van der Waals surface area contributed by atoms with E-state index in [1.165, 1.54) is 0 Å². The third kappa shape index (κ3) is 2.80. The number of hydrogen-bond acceptors (Lipinski definition) is 5. The summed E-state index contributed by atoms with van der Waals surface area (Å²) in [5.74, 6) is 1.23. The highest BCUT2D eigenvalue weighted by atomic mass is 16.5. The molecule has 2 rings (SSSR count). The summed E-state index contributed by atoms with van der Waals surface area (Å²) >= 11 is 0. The lowest BCUT2D eigenvalue weighted by atomic mass is 10.3. The molecule has 0 aliphatic rings. The molecule has 1 heterocycles. The molecule has 0 fully saturated rings. The Hall–Kier alpha value is -1.79. The molecule has 0 radical (unpaired) electrons. The number of nitrogen functional groups attached to an aromatic ring is 1. The number of imidazole rings is 1. The van der Waals surface area contributed by atoms with Gasteiger partial charge in [0.25, 0.3) is 0 Å². The van der Waals surface area contributed by atoms with Gasteiger partial charge in [-0.15, -0.1) is 0 Å². The van der Waals surface area contributed by atoms with E-state index in [4.69, 9.17) is 19.9 Å². The molecule has 0 bridgehead atoms. The minimum Gasteiger partial charge on any atom is -0.497 e. The van der Waals surface area contributed by atoms with E-state index in [0.29, 0.717) is 19.1 Å². The second kappa shape index (κ2) is 5.90. The molecule has 6 nitrogen and oxygen atoms in total. The van der Waals surface area contributed by atoms with E-state index in [1.54, 1.807) is 21.3 Å². The maximum absolute atomic E-state index is 5.96. The molecular weight excluding hydrogens is 246 g/mol. The number of benzene rings is 1. The quantitative estimate of drug-likeness (QED) is 0.852. The zero-order chi connectivity index (χ0) is 13.8. The molecule has 2 N–H and O–H groups in total. The summed E-state index contributed by atoms with van der Waals surface area (Å²) in [5.41, 5.74) is 7.72. The molecule has 0 aliphatic carbocycles. The van der Waals surface area contributed by atoms with Gasteiger partial charge in [0.15, 0.2) is 0 Å².